The molecule has 376 valence electrons. The molecule has 5 amide bonds. The molecule has 0 spiro atoms. The van der Waals surface area contributed by atoms with Crippen molar-refractivity contribution in [1.82, 2.24) is 36.5 Å². The SMILES string of the molecule is N=C(N)NCCCC[C@H](NC(=O)[C@H](Cc1ccc(-c2ccccc2)cc1)NC(=O)[C@H](Cc1c[nH]c2ccc(O)cc12)NC(=O)[C@H]1CCC[C@H](N)C1)C(=O)NCC(=O)Nc1ccc(CN2CCOCC2)cc1. The van der Waals surface area contributed by atoms with E-state index >= 15 is 0 Å². The first kappa shape index (κ1) is 51.6. The second kappa shape index (κ2) is 25.5. The summed E-state index contributed by atoms with van der Waals surface area (Å²) in [5.74, 6) is -3.24. The summed E-state index contributed by atoms with van der Waals surface area (Å²) in [4.78, 5) is 75.9. The summed E-state index contributed by atoms with van der Waals surface area (Å²) < 4.78 is 5.45. The first-order valence-electron chi connectivity index (χ1n) is 24.5. The van der Waals surface area contributed by atoms with Gasteiger partial charge in [-0.05, 0) is 96.7 Å². The normalized spacial score (nSPS) is 17.3. The molecular formula is C53H67N11O7. The first-order valence-corrected chi connectivity index (χ1v) is 24.5. The van der Waals surface area contributed by atoms with Crippen LogP contribution in [0.25, 0.3) is 22.0 Å². The fraction of sp³-hybridized carbons (Fsp3) is 0.396. The zero-order chi connectivity index (χ0) is 50.1. The summed E-state index contributed by atoms with van der Waals surface area (Å²) in [7, 11) is 0. The van der Waals surface area contributed by atoms with Crippen LogP contribution in [0, 0.1) is 11.3 Å². The van der Waals surface area contributed by atoms with Crippen molar-refractivity contribution in [3.8, 4) is 16.9 Å². The number of aromatic nitrogens is 1. The Balaban J connectivity index is 1.09. The molecule has 1 aliphatic heterocycles. The Morgan fingerprint density at radius 1 is 0.775 bits per heavy atom. The number of carbonyl (C=O) groups excluding carboxylic acids is 5. The molecule has 1 saturated carbocycles. The molecule has 13 N–H and O–H groups in total. The minimum atomic E-state index is -1.23. The van der Waals surface area contributed by atoms with Crippen LogP contribution in [0.4, 0.5) is 5.69 Å². The lowest BCUT2D eigenvalue weighted by Gasteiger charge is -2.29. The zero-order valence-corrected chi connectivity index (χ0v) is 40.0. The average molecular weight is 970 g/mol. The Hall–Kier alpha value is -7.28. The van der Waals surface area contributed by atoms with E-state index in [1.165, 1.54) is 0 Å². The van der Waals surface area contributed by atoms with Crippen LogP contribution in [-0.4, -0.2) is 114 Å². The highest BCUT2D eigenvalue weighted by molar-refractivity contribution is 5.98. The number of carbonyl (C=O) groups is 5. The fourth-order valence-corrected chi connectivity index (χ4v) is 9.15. The Morgan fingerprint density at radius 3 is 2.18 bits per heavy atom. The van der Waals surface area contributed by atoms with E-state index in [2.05, 4.69) is 41.8 Å². The number of nitrogens with zero attached hydrogens (tertiary/aromatic N) is 1. The van der Waals surface area contributed by atoms with Crippen LogP contribution in [0.2, 0.25) is 0 Å². The average Bonchev–Trinajstić information content (AvgIpc) is 3.77. The van der Waals surface area contributed by atoms with Gasteiger partial charge in [-0.15, -0.1) is 0 Å². The van der Waals surface area contributed by atoms with Crippen LogP contribution in [-0.2, 0) is 48.1 Å². The molecule has 5 atom stereocenters. The molecule has 2 fully saturated rings. The number of guanidine groups is 1. The Bertz CT molecular complexity index is 2580. The fourth-order valence-electron chi connectivity index (χ4n) is 9.15. The van der Waals surface area contributed by atoms with Crippen molar-refractivity contribution in [2.24, 2.45) is 17.4 Å². The van der Waals surface area contributed by atoms with Crippen LogP contribution in [0.3, 0.4) is 0 Å². The van der Waals surface area contributed by atoms with Gasteiger partial charge in [0.25, 0.3) is 0 Å². The molecule has 0 unspecified atom stereocenters. The summed E-state index contributed by atoms with van der Waals surface area (Å²) >= 11 is 0. The topological polar surface area (TPSA) is 282 Å². The standard InChI is InChI=1S/C53H67N11O7/c54-40-10-6-9-38(28-40)49(67)62-47(29-39-31-58-44-21-20-42(65)30-43(39)44)52(70)63-46(27-34-12-16-37(17-13-34)36-7-2-1-3-8-36)51(69)61-45(11-4-5-22-57-53(55)56)50(68)59-32-48(66)60-41-18-14-35(15-19-41)33-64-23-25-71-26-24-64/h1-3,7-8,12-21,30-31,38,40,45-47,58,65H,4-6,9-11,22-29,32-33,54H2,(H,59,68)(H,60,66)(H,61,69)(H,62,67)(H,63,70)(H4,55,56,57)/t38-,40-,45-,46-,47-/m0/s1. The minimum absolute atomic E-state index is 0.0241. The predicted octanol–water partition coefficient (Wildman–Crippen LogP) is 3.54. The summed E-state index contributed by atoms with van der Waals surface area (Å²) in [6, 6.07) is 26.1. The number of unbranched alkanes of at least 4 members (excludes halogenated alkanes) is 1. The first-order chi connectivity index (χ1) is 34.4. The van der Waals surface area contributed by atoms with Crippen LogP contribution in [0.1, 0.15) is 61.6 Å². The Kier molecular flexibility index (Phi) is 18.5. The number of amides is 5. The number of H-pyrrole nitrogens is 1. The molecule has 71 heavy (non-hydrogen) atoms. The molecule has 0 radical (unpaired) electrons. The quantitative estimate of drug-likeness (QED) is 0.0271. The molecule has 2 aliphatic rings. The number of hydrogen-bond acceptors (Lipinski definition) is 10. The molecule has 1 aliphatic carbocycles. The highest BCUT2D eigenvalue weighted by Crippen LogP contribution is 2.26. The van der Waals surface area contributed by atoms with Gasteiger partial charge in [0.05, 0.1) is 19.8 Å². The van der Waals surface area contributed by atoms with E-state index in [4.69, 9.17) is 21.6 Å². The van der Waals surface area contributed by atoms with Crippen molar-refractivity contribution < 1.29 is 33.8 Å². The zero-order valence-electron chi connectivity index (χ0n) is 40.0. The summed E-state index contributed by atoms with van der Waals surface area (Å²) in [6.07, 6.45) is 5.56. The van der Waals surface area contributed by atoms with E-state index in [0.29, 0.717) is 62.1 Å². The predicted molar refractivity (Wildman–Crippen MR) is 273 cm³/mol. The molecule has 4 aromatic carbocycles. The third-order valence-corrected chi connectivity index (χ3v) is 13.1. The van der Waals surface area contributed by atoms with E-state index in [0.717, 1.165) is 60.2 Å². The Labute approximate surface area is 413 Å². The van der Waals surface area contributed by atoms with Crippen LogP contribution in [0.5, 0.6) is 5.75 Å². The van der Waals surface area contributed by atoms with Gasteiger partial charge >= 0.3 is 0 Å². The third-order valence-electron chi connectivity index (χ3n) is 13.1. The number of aromatic amines is 1. The largest absolute Gasteiger partial charge is 0.508 e. The van der Waals surface area contributed by atoms with Crippen LogP contribution >= 0.6 is 0 Å². The molecule has 1 aromatic heterocycles. The van der Waals surface area contributed by atoms with Gasteiger partial charge in [0.2, 0.25) is 29.5 Å². The number of phenols is 1. The molecule has 18 heteroatoms. The van der Waals surface area contributed by atoms with Crippen molar-refractivity contribution in [2.75, 3.05) is 44.7 Å². The number of nitrogens with two attached hydrogens (primary N) is 2. The van der Waals surface area contributed by atoms with Crippen molar-refractivity contribution in [3.05, 3.63) is 120 Å². The number of anilines is 1. The lowest BCUT2D eigenvalue weighted by atomic mass is 9.85. The van der Waals surface area contributed by atoms with Gasteiger partial charge in [-0.1, -0.05) is 73.2 Å². The molecule has 7 rings (SSSR count). The minimum Gasteiger partial charge on any atom is -0.508 e. The number of rotatable bonds is 22. The maximum Gasteiger partial charge on any atom is 0.243 e. The van der Waals surface area contributed by atoms with E-state index in [1.807, 2.05) is 78.9 Å². The van der Waals surface area contributed by atoms with Gasteiger partial charge in [0.15, 0.2) is 5.96 Å². The monoisotopic (exact) mass is 970 g/mol. The molecule has 5 aromatic rings. The lowest BCUT2D eigenvalue weighted by molar-refractivity contribution is -0.134. The number of fused-ring (bicyclic) bond motifs is 1. The van der Waals surface area contributed by atoms with Gasteiger partial charge in [0.1, 0.15) is 23.9 Å². The number of aromatic hydroxyl groups is 1. The van der Waals surface area contributed by atoms with Crippen molar-refractivity contribution in [3.63, 3.8) is 0 Å². The number of ether oxygens (including phenoxy) is 1. The molecule has 18 nitrogen and oxygen atoms in total. The second-order valence-electron chi connectivity index (χ2n) is 18.5. The third kappa shape index (κ3) is 15.6. The molecule has 0 bridgehead atoms. The van der Waals surface area contributed by atoms with E-state index < -0.39 is 47.7 Å². The number of nitrogens with one attached hydrogen (secondary N) is 8. The van der Waals surface area contributed by atoms with E-state index in [1.54, 1.807) is 24.4 Å². The van der Waals surface area contributed by atoms with Crippen molar-refractivity contribution in [1.29, 1.82) is 5.41 Å². The van der Waals surface area contributed by atoms with E-state index in [-0.39, 0.29) is 49.5 Å². The van der Waals surface area contributed by atoms with Gasteiger partial charge in [0, 0.05) is 73.8 Å². The van der Waals surface area contributed by atoms with Gasteiger partial charge < -0.3 is 58.2 Å². The second-order valence-corrected chi connectivity index (χ2v) is 18.5. The highest BCUT2D eigenvalue weighted by atomic mass is 16.5. The number of morpholine rings is 1. The smallest absolute Gasteiger partial charge is 0.243 e. The van der Waals surface area contributed by atoms with Gasteiger partial charge in [-0.25, -0.2) is 0 Å². The Morgan fingerprint density at radius 2 is 1.46 bits per heavy atom. The lowest BCUT2D eigenvalue weighted by Crippen LogP contribution is -2.58. The number of hydrogen-bond donors (Lipinski definition) is 11. The van der Waals surface area contributed by atoms with Gasteiger partial charge in [-0.2, -0.15) is 0 Å². The van der Waals surface area contributed by atoms with Crippen LogP contribution < -0.4 is 43.4 Å². The summed E-state index contributed by atoms with van der Waals surface area (Å²) in [6.45, 7) is 3.84. The molecular weight excluding hydrogens is 903 g/mol. The summed E-state index contributed by atoms with van der Waals surface area (Å²) in [5.41, 5.74) is 17.5. The van der Waals surface area contributed by atoms with Crippen molar-refractivity contribution in [2.45, 2.75) is 88.5 Å². The van der Waals surface area contributed by atoms with E-state index in [9.17, 15) is 29.1 Å². The maximum atomic E-state index is 14.7. The summed E-state index contributed by atoms with van der Waals surface area (Å²) in [5, 5.41) is 35.6. The van der Waals surface area contributed by atoms with Gasteiger partial charge in [-0.3, -0.25) is 34.3 Å². The molecule has 1 saturated heterocycles. The maximum absolute atomic E-state index is 14.7. The highest BCUT2D eigenvalue weighted by Gasteiger charge is 2.33. The molecule has 2 heterocycles. The van der Waals surface area contributed by atoms with Crippen LogP contribution in [0.15, 0.2) is 103 Å². The number of phenolic OH excluding ortho intramolecular Hbond substituents is 1. The van der Waals surface area contributed by atoms with Crippen molar-refractivity contribution >= 4 is 52.1 Å². The number of benzene rings is 4.